The number of benzene rings is 2. The molecule has 1 fully saturated rings. The molecular formula is C19H20LiNO4. The van der Waals surface area contributed by atoms with Crippen LogP contribution in [0.15, 0.2) is 60.7 Å². The van der Waals surface area contributed by atoms with E-state index < -0.39 is 12.3 Å². The normalized spacial score (nSPS) is 20.0. The Kier molecular flexibility index (Phi) is 7.70. The molecule has 0 aliphatic carbocycles. The van der Waals surface area contributed by atoms with Gasteiger partial charge in [-0.1, -0.05) is 60.7 Å². The number of carboxylic acids is 1. The molecule has 25 heavy (non-hydrogen) atoms. The van der Waals surface area contributed by atoms with Gasteiger partial charge < -0.3 is 19.4 Å². The van der Waals surface area contributed by atoms with Crippen molar-refractivity contribution in [1.82, 2.24) is 4.90 Å². The number of nitrogens with zero attached hydrogens (tertiary/aromatic N) is 1. The van der Waals surface area contributed by atoms with E-state index in [2.05, 4.69) is 29.2 Å². The van der Waals surface area contributed by atoms with Crippen molar-refractivity contribution in [3.63, 3.8) is 0 Å². The summed E-state index contributed by atoms with van der Waals surface area (Å²) >= 11 is 0. The minimum absolute atomic E-state index is 0. The molecule has 0 spiro atoms. The van der Waals surface area contributed by atoms with Crippen molar-refractivity contribution in [1.29, 1.82) is 0 Å². The molecule has 0 aromatic heterocycles. The van der Waals surface area contributed by atoms with Gasteiger partial charge in [0, 0.05) is 13.1 Å². The van der Waals surface area contributed by atoms with Crippen LogP contribution < -0.4 is 24.0 Å². The first-order chi connectivity index (χ1) is 11.7. The number of aliphatic carboxylic acids is 1. The Morgan fingerprint density at radius 3 is 1.76 bits per heavy atom. The van der Waals surface area contributed by atoms with Gasteiger partial charge in [-0.15, -0.1) is 0 Å². The number of carboxylic acid groups (broad SMARTS) is 1. The molecule has 0 amide bonds. The summed E-state index contributed by atoms with van der Waals surface area (Å²) in [5.41, 5.74) is 2.38. The number of hydrogen-bond donors (Lipinski definition) is 0. The molecule has 0 radical (unpaired) electrons. The van der Waals surface area contributed by atoms with Crippen LogP contribution in [0.2, 0.25) is 0 Å². The Morgan fingerprint density at radius 2 is 1.36 bits per heavy atom. The van der Waals surface area contributed by atoms with Gasteiger partial charge in [0.05, 0.1) is 25.2 Å². The molecule has 2 aromatic rings. The molecule has 6 heteroatoms. The van der Waals surface area contributed by atoms with Crippen molar-refractivity contribution < 1.29 is 38.2 Å². The van der Waals surface area contributed by atoms with Gasteiger partial charge >= 0.3 is 18.9 Å². The number of carbonyl (C=O) groups excluding carboxylic acids is 1. The summed E-state index contributed by atoms with van der Waals surface area (Å²) in [7, 11) is 0. The van der Waals surface area contributed by atoms with Crippen LogP contribution in [0.25, 0.3) is 0 Å². The maximum Gasteiger partial charge on any atom is 1.00 e. The molecular weight excluding hydrogens is 313 g/mol. The molecule has 0 atom stereocenters. The van der Waals surface area contributed by atoms with E-state index in [1.54, 1.807) is 0 Å². The monoisotopic (exact) mass is 333 g/mol. The Bertz CT molecular complexity index is 603. The average molecular weight is 333 g/mol. The predicted molar refractivity (Wildman–Crippen MR) is 86.6 cm³/mol. The molecule has 1 heterocycles. The fraction of sp³-hybridized carbons (Fsp3) is 0.316. The molecule has 2 aromatic carbocycles. The Balaban J connectivity index is 0.00000225. The van der Waals surface area contributed by atoms with Crippen molar-refractivity contribution in [2.24, 2.45) is 0 Å². The summed E-state index contributed by atoms with van der Waals surface area (Å²) in [4.78, 5) is 13.1. The number of hydrogen-bond acceptors (Lipinski definition) is 5. The van der Waals surface area contributed by atoms with Gasteiger partial charge in [0.1, 0.15) is 0 Å². The third-order valence-electron chi connectivity index (χ3n) is 4.05. The summed E-state index contributed by atoms with van der Waals surface area (Å²) in [6.45, 7) is 2.09. The zero-order chi connectivity index (χ0) is 16.8. The van der Waals surface area contributed by atoms with Crippen LogP contribution in [0.3, 0.4) is 0 Å². The van der Waals surface area contributed by atoms with Crippen molar-refractivity contribution in [2.45, 2.75) is 25.4 Å². The number of rotatable bonds is 6. The SMILES string of the molecule is O=C([O-])[C@H]1OC[C@@H](N(Cc2ccccc2)Cc2ccccc2)CO1.[Li+]. The maximum absolute atomic E-state index is 10.8. The summed E-state index contributed by atoms with van der Waals surface area (Å²) in [5.74, 6) is -1.33. The molecule has 1 aliphatic heterocycles. The minimum Gasteiger partial charge on any atom is -0.545 e. The van der Waals surface area contributed by atoms with Gasteiger partial charge in [0.2, 0.25) is 0 Å². The van der Waals surface area contributed by atoms with Gasteiger partial charge in [-0.05, 0) is 11.1 Å². The largest absolute Gasteiger partial charge is 1.00 e. The number of carbonyl (C=O) groups is 1. The standard InChI is InChI=1S/C19H21NO4.Li/c21-18(22)19-23-13-17(14-24-19)20(11-15-7-3-1-4-8-15)12-16-9-5-2-6-10-16;/h1-10,17,19H,11-14H2,(H,21,22);/q;+1/p-1/t17-,19+;. The topological polar surface area (TPSA) is 61.8 Å². The van der Waals surface area contributed by atoms with Crippen LogP contribution in [0.4, 0.5) is 0 Å². The second-order valence-corrected chi connectivity index (χ2v) is 5.85. The predicted octanol–water partition coefficient (Wildman–Crippen LogP) is -1.82. The van der Waals surface area contributed by atoms with E-state index in [-0.39, 0.29) is 24.9 Å². The van der Waals surface area contributed by atoms with Crippen LogP contribution in [0.5, 0.6) is 0 Å². The van der Waals surface area contributed by atoms with Crippen molar-refractivity contribution in [3.05, 3.63) is 71.8 Å². The van der Waals surface area contributed by atoms with E-state index in [9.17, 15) is 9.90 Å². The van der Waals surface area contributed by atoms with E-state index in [0.29, 0.717) is 13.2 Å². The van der Waals surface area contributed by atoms with Crippen LogP contribution in [-0.4, -0.2) is 36.4 Å². The Morgan fingerprint density at radius 1 is 0.920 bits per heavy atom. The van der Waals surface area contributed by atoms with Gasteiger partial charge in [-0.25, -0.2) is 0 Å². The minimum atomic E-state index is -1.33. The molecule has 1 aliphatic rings. The summed E-state index contributed by atoms with van der Waals surface area (Å²) in [5, 5.41) is 10.8. The fourth-order valence-electron chi connectivity index (χ4n) is 2.79. The zero-order valence-corrected chi connectivity index (χ0v) is 14.3. The van der Waals surface area contributed by atoms with E-state index >= 15 is 0 Å². The third kappa shape index (κ3) is 5.70. The summed E-state index contributed by atoms with van der Waals surface area (Å²) in [6, 6.07) is 20.3. The first-order valence-electron chi connectivity index (χ1n) is 7.98. The van der Waals surface area contributed by atoms with Crippen molar-refractivity contribution in [2.75, 3.05) is 13.2 Å². The van der Waals surface area contributed by atoms with Gasteiger partial charge in [-0.2, -0.15) is 0 Å². The Labute approximate surface area is 159 Å². The van der Waals surface area contributed by atoms with Crippen LogP contribution in [0, 0.1) is 0 Å². The molecule has 0 saturated carbocycles. The molecule has 1 saturated heterocycles. The average Bonchev–Trinajstić information content (AvgIpc) is 2.63. The number of ether oxygens (including phenoxy) is 2. The zero-order valence-electron chi connectivity index (χ0n) is 14.3. The molecule has 0 N–H and O–H groups in total. The van der Waals surface area contributed by atoms with Crippen LogP contribution >= 0.6 is 0 Å². The summed E-state index contributed by atoms with van der Waals surface area (Å²) < 4.78 is 10.6. The third-order valence-corrected chi connectivity index (χ3v) is 4.05. The second kappa shape index (κ2) is 9.76. The van der Waals surface area contributed by atoms with E-state index in [1.165, 1.54) is 11.1 Å². The van der Waals surface area contributed by atoms with Gasteiger partial charge in [-0.3, -0.25) is 4.90 Å². The van der Waals surface area contributed by atoms with Gasteiger partial charge in [0.25, 0.3) is 0 Å². The quantitative estimate of drug-likeness (QED) is 0.583. The molecule has 5 nitrogen and oxygen atoms in total. The molecule has 126 valence electrons. The molecule has 0 bridgehead atoms. The molecule has 0 unspecified atom stereocenters. The van der Waals surface area contributed by atoms with Crippen molar-refractivity contribution in [3.8, 4) is 0 Å². The molecule has 3 rings (SSSR count). The first-order valence-corrected chi connectivity index (χ1v) is 7.98. The first kappa shape index (κ1) is 19.7. The van der Waals surface area contributed by atoms with Gasteiger partial charge in [0.15, 0.2) is 6.29 Å². The smallest absolute Gasteiger partial charge is 0.545 e. The Hall–Kier alpha value is -1.61. The second-order valence-electron chi connectivity index (χ2n) is 5.85. The van der Waals surface area contributed by atoms with Crippen LogP contribution in [0.1, 0.15) is 11.1 Å². The van der Waals surface area contributed by atoms with E-state index in [0.717, 1.165) is 13.1 Å². The van der Waals surface area contributed by atoms with Crippen LogP contribution in [-0.2, 0) is 27.4 Å². The van der Waals surface area contributed by atoms with E-state index in [1.807, 2.05) is 36.4 Å². The van der Waals surface area contributed by atoms with E-state index in [4.69, 9.17) is 9.47 Å². The van der Waals surface area contributed by atoms with Crippen molar-refractivity contribution >= 4 is 5.97 Å². The fourth-order valence-corrected chi connectivity index (χ4v) is 2.79. The maximum atomic E-state index is 10.8. The summed E-state index contributed by atoms with van der Waals surface area (Å²) in [6.07, 6.45) is -1.27.